The van der Waals surface area contributed by atoms with Gasteiger partial charge in [-0.05, 0) is 57.0 Å². The molecule has 0 amide bonds. The van der Waals surface area contributed by atoms with Crippen LogP contribution >= 0.6 is 0 Å². The van der Waals surface area contributed by atoms with Crippen molar-refractivity contribution in [3.8, 4) is 11.8 Å². The molecule has 2 nitrogen and oxygen atoms in total. The Kier molecular flexibility index (Phi) is 5.24. The first kappa shape index (κ1) is 16.8. The number of ether oxygens (including phenoxy) is 1. The number of carbonyl (C=O) groups is 1. The molecule has 0 saturated carbocycles. The van der Waals surface area contributed by atoms with Crippen LogP contribution in [0.2, 0.25) is 0 Å². The Labute approximate surface area is 138 Å². The SMILES string of the molecule is CCc1ccc(C#Cc2ccccc2C(=O)OC(C)(C)C)cc1. The molecule has 2 aromatic rings. The summed E-state index contributed by atoms with van der Waals surface area (Å²) in [5, 5.41) is 0. The summed E-state index contributed by atoms with van der Waals surface area (Å²) in [5.41, 5.74) is 2.88. The summed E-state index contributed by atoms with van der Waals surface area (Å²) in [6.07, 6.45) is 1.01. The van der Waals surface area contributed by atoms with Crippen molar-refractivity contribution >= 4 is 5.97 Å². The van der Waals surface area contributed by atoms with E-state index >= 15 is 0 Å². The standard InChI is InChI=1S/C21H22O2/c1-5-16-10-12-17(13-11-16)14-15-18-8-6-7-9-19(18)20(22)23-21(2,3)4/h6-13H,5H2,1-4H3. The van der Waals surface area contributed by atoms with E-state index in [4.69, 9.17) is 4.74 Å². The van der Waals surface area contributed by atoms with Crippen molar-refractivity contribution in [1.29, 1.82) is 0 Å². The van der Waals surface area contributed by atoms with Crippen molar-refractivity contribution in [2.75, 3.05) is 0 Å². The number of carbonyl (C=O) groups excluding carboxylic acids is 1. The van der Waals surface area contributed by atoms with Gasteiger partial charge in [-0.2, -0.15) is 0 Å². The van der Waals surface area contributed by atoms with Gasteiger partial charge < -0.3 is 4.74 Å². The van der Waals surface area contributed by atoms with Crippen molar-refractivity contribution in [1.82, 2.24) is 0 Å². The first-order valence-electron chi connectivity index (χ1n) is 7.82. The molecule has 0 radical (unpaired) electrons. The third-order valence-corrected chi connectivity index (χ3v) is 3.25. The first-order valence-corrected chi connectivity index (χ1v) is 7.82. The molecule has 0 N–H and O–H groups in total. The summed E-state index contributed by atoms with van der Waals surface area (Å²) in [6.45, 7) is 7.69. The molecule has 23 heavy (non-hydrogen) atoms. The molecule has 0 fully saturated rings. The van der Waals surface area contributed by atoms with E-state index in [-0.39, 0.29) is 5.97 Å². The average molecular weight is 306 g/mol. The molecule has 0 atom stereocenters. The van der Waals surface area contributed by atoms with Crippen molar-refractivity contribution in [2.45, 2.75) is 39.7 Å². The third kappa shape index (κ3) is 5.00. The van der Waals surface area contributed by atoms with Gasteiger partial charge >= 0.3 is 5.97 Å². The lowest BCUT2D eigenvalue weighted by Gasteiger charge is -2.19. The van der Waals surface area contributed by atoms with Crippen LogP contribution in [0.1, 0.15) is 54.7 Å². The highest BCUT2D eigenvalue weighted by atomic mass is 16.6. The molecule has 0 aliphatic heterocycles. The molecule has 2 aromatic carbocycles. The Hall–Kier alpha value is -2.53. The van der Waals surface area contributed by atoms with Crippen LogP contribution in [0, 0.1) is 11.8 Å². The highest BCUT2D eigenvalue weighted by molar-refractivity contribution is 5.92. The minimum Gasteiger partial charge on any atom is -0.456 e. The van der Waals surface area contributed by atoms with E-state index in [1.165, 1.54) is 5.56 Å². The van der Waals surface area contributed by atoms with Gasteiger partial charge in [-0.15, -0.1) is 0 Å². The topological polar surface area (TPSA) is 26.3 Å². The molecule has 0 spiro atoms. The molecular formula is C21H22O2. The van der Waals surface area contributed by atoms with E-state index in [9.17, 15) is 4.79 Å². The monoisotopic (exact) mass is 306 g/mol. The van der Waals surface area contributed by atoms with Crippen LogP contribution in [0.3, 0.4) is 0 Å². The van der Waals surface area contributed by atoms with Crippen molar-refractivity contribution in [3.63, 3.8) is 0 Å². The summed E-state index contributed by atoms with van der Waals surface area (Å²) < 4.78 is 5.44. The fraction of sp³-hybridized carbons (Fsp3) is 0.286. The Morgan fingerprint density at radius 3 is 2.26 bits per heavy atom. The van der Waals surface area contributed by atoms with Gasteiger partial charge in [-0.1, -0.05) is 43.0 Å². The smallest absolute Gasteiger partial charge is 0.339 e. The lowest BCUT2D eigenvalue weighted by molar-refractivity contribution is 0.00692. The molecule has 118 valence electrons. The van der Waals surface area contributed by atoms with E-state index in [1.54, 1.807) is 6.07 Å². The molecule has 0 aliphatic carbocycles. The van der Waals surface area contributed by atoms with Crippen LogP contribution in [-0.4, -0.2) is 11.6 Å². The van der Waals surface area contributed by atoms with E-state index in [0.29, 0.717) is 11.1 Å². The van der Waals surface area contributed by atoms with Crippen LogP contribution in [0.4, 0.5) is 0 Å². The summed E-state index contributed by atoms with van der Waals surface area (Å²) in [5.74, 6) is 5.85. The summed E-state index contributed by atoms with van der Waals surface area (Å²) in [4.78, 5) is 12.3. The Morgan fingerprint density at radius 2 is 1.65 bits per heavy atom. The maximum absolute atomic E-state index is 12.3. The minimum atomic E-state index is -0.520. The lowest BCUT2D eigenvalue weighted by Crippen LogP contribution is -2.24. The third-order valence-electron chi connectivity index (χ3n) is 3.25. The van der Waals surface area contributed by atoms with Crippen molar-refractivity contribution in [2.24, 2.45) is 0 Å². The largest absolute Gasteiger partial charge is 0.456 e. The highest BCUT2D eigenvalue weighted by Gasteiger charge is 2.19. The quantitative estimate of drug-likeness (QED) is 0.598. The lowest BCUT2D eigenvalue weighted by atomic mass is 10.1. The predicted molar refractivity (Wildman–Crippen MR) is 93.4 cm³/mol. The van der Waals surface area contributed by atoms with Gasteiger partial charge in [-0.25, -0.2) is 4.79 Å². The molecule has 0 bridgehead atoms. The number of hydrogen-bond acceptors (Lipinski definition) is 2. The fourth-order valence-corrected chi connectivity index (χ4v) is 2.07. The van der Waals surface area contributed by atoms with Gasteiger partial charge in [0.2, 0.25) is 0 Å². The Morgan fingerprint density at radius 1 is 1.00 bits per heavy atom. The molecule has 0 aliphatic rings. The Bertz CT molecular complexity index is 738. The number of hydrogen-bond donors (Lipinski definition) is 0. The maximum Gasteiger partial charge on any atom is 0.339 e. The number of aryl methyl sites for hydroxylation is 1. The summed E-state index contributed by atoms with van der Waals surface area (Å²) >= 11 is 0. The maximum atomic E-state index is 12.3. The molecular weight excluding hydrogens is 284 g/mol. The van der Waals surface area contributed by atoms with Gasteiger partial charge in [0.25, 0.3) is 0 Å². The average Bonchev–Trinajstić information content (AvgIpc) is 2.52. The highest BCUT2D eigenvalue weighted by Crippen LogP contribution is 2.15. The number of esters is 1. The van der Waals surface area contributed by atoms with Crippen LogP contribution < -0.4 is 0 Å². The van der Waals surface area contributed by atoms with Gasteiger partial charge in [0.05, 0.1) is 5.56 Å². The van der Waals surface area contributed by atoms with Crippen LogP contribution in [0.15, 0.2) is 48.5 Å². The van der Waals surface area contributed by atoms with Gasteiger partial charge in [0, 0.05) is 11.1 Å². The van der Waals surface area contributed by atoms with Gasteiger partial charge in [0.1, 0.15) is 5.60 Å². The molecule has 0 saturated heterocycles. The molecule has 2 heteroatoms. The zero-order valence-corrected chi connectivity index (χ0v) is 14.1. The van der Waals surface area contributed by atoms with Gasteiger partial charge in [-0.3, -0.25) is 0 Å². The predicted octanol–water partition coefficient (Wildman–Crippen LogP) is 4.60. The van der Waals surface area contributed by atoms with E-state index in [2.05, 4.69) is 30.9 Å². The molecule has 2 rings (SSSR count). The zero-order chi connectivity index (χ0) is 16.9. The fourth-order valence-electron chi connectivity index (χ4n) is 2.07. The minimum absolute atomic E-state index is 0.344. The first-order chi connectivity index (χ1) is 10.9. The number of rotatable bonds is 2. The van der Waals surface area contributed by atoms with E-state index in [1.807, 2.05) is 51.1 Å². The second-order valence-electron chi connectivity index (χ2n) is 6.35. The van der Waals surface area contributed by atoms with Gasteiger partial charge in [0.15, 0.2) is 0 Å². The van der Waals surface area contributed by atoms with Crippen LogP contribution in [0.5, 0.6) is 0 Å². The summed E-state index contributed by atoms with van der Waals surface area (Å²) in [6, 6.07) is 15.4. The molecule has 0 heterocycles. The van der Waals surface area contributed by atoms with E-state index in [0.717, 1.165) is 12.0 Å². The second-order valence-corrected chi connectivity index (χ2v) is 6.35. The Balaban J connectivity index is 2.27. The number of benzene rings is 2. The second kappa shape index (κ2) is 7.15. The van der Waals surface area contributed by atoms with Crippen LogP contribution in [-0.2, 0) is 11.2 Å². The van der Waals surface area contributed by atoms with Crippen molar-refractivity contribution in [3.05, 3.63) is 70.8 Å². The molecule has 0 aromatic heterocycles. The molecule has 0 unspecified atom stereocenters. The summed E-state index contributed by atoms with van der Waals surface area (Å²) in [7, 11) is 0. The van der Waals surface area contributed by atoms with E-state index < -0.39 is 5.60 Å². The van der Waals surface area contributed by atoms with Crippen LogP contribution in [0.25, 0.3) is 0 Å². The zero-order valence-electron chi connectivity index (χ0n) is 14.1. The van der Waals surface area contributed by atoms with Crippen molar-refractivity contribution < 1.29 is 9.53 Å². The normalized spacial score (nSPS) is 10.6.